The molecule has 0 radical (unpaired) electrons. The molecular formula is C15H25NO2. The average Bonchev–Trinajstić information content (AvgIpc) is 2.36. The van der Waals surface area contributed by atoms with Crippen LogP contribution < -0.4 is 5.32 Å². The van der Waals surface area contributed by atoms with Crippen molar-refractivity contribution in [3.05, 3.63) is 35.9 Å². The van der Waals surface area contributed by atoms with Gasteiger partial charge in [0.05, 0.1) is 19.3 Å². The molecule has 0 aliphatic heterocycles. The monoisotopic (exact) mass is 251 g/mol. The zero-order valence-corrected chi connectivity index (χ0v) is 11.6. The molecule has 2 atom stereocenters. The Morgan fingerprint density at radius 3 is 2.22 bits per heavy atom. The molecule has 1 rings (SSSR count). The Balaban J connectivity index is 2.78. The molecule has 0 aliphatic rings. The SMILES string of the molecule is CC(C)C[C@](C)(CO)N[C@@H](CO)c1ccccc1. The lowest BCUT2D eigenvalue weighted by Gasteiger charge is -2.34. The molecule has 3 nitrogen and oxygen atoms in total. The highest BCUT2D eigenvalue weighted by Gasteiger charge is 2.27. The summed E-state index contributed by atoms with van der Waals surface area (Å²) in [4.78, 5) is 0. The van der Waals surface area contributed by atoms with Gasteiger partial charge < -0.3 is 15.5 Å². The fourth-order valence-electron chi connectivity index (χ4n) is 2.41. The maximum atomic E-state index is 9.58. The number of aliphatic hydroxyl groups excluding tert-OH is 2. The van der Waals surface area contributed by atoms with Gasteiger partial charge in [-0.15, -0.1) is 0 Å². The molecule has 0 saturated carbocycles. The van der Waals surface area contributed by atoms with Gasteiger partial charge in [-0.3, -0.25) is 0 Å². The first-order valence-electron chi connectivity index (χ1n) is 6.55. The van der Waals surface area contributed by atoms with Crippen LogP contribution in [0.2, 0.25) is 0 Å². The normalized spacial score (nSPS) is 16.6. The van der Waals surface area contributed by atoms with Gasteiger partial charge in [0.15, 0.2) is 0 Å². The van der Waals surface area contributed by atoms with Crippen LogP contribution in [0.5, 0.6) is 0 Å². The molecule has 0 spiro atoms. The molecular weight excluding hydrogens is 226 g/mol. The zero-order chi connectivity index (χ0) is 13.6. The molecule has 0 saturated heterocycles. The lowest BCUT2D eigenvalue weighted by Crippen LogP contribution is -2.49. The largest absolute Gasteiger partial charge is 0.394 e. The Kier molecular flexibility index (Phi) is 5.79. The highest BCUT2D eigenvalue weighted by atomic mass is 16.3. The summed E-state index contributed by atoms with van der Waals surface area (Å²) in [6.45, 7) is 6.35. The summed E-state index contributed by atoms with van der Waals surface area (Å²) < 4.78 is 0. The van der Waals surface area contributed by atoms with Crippen molar-refractivity contribution in [3.63, 3.8) is 0 Å². The van der Waals surface area contributed by atoms with E-state index in [9.17, 15) is 10.2 Å². The number of aliphatic hydroxyl groups is 2. The minimum atomic E-state index is -0.364. The molecule has 102 valence electrons. The quantitative estimate of drug-likeness (QED) is 0.695. The van der Waals surface area contributed by atoms with Crippen LogP contribution in [0.4, 0.5) is 0 Å². The van der Waals surface area contributed by atoms with Gasteiger partial charge in [0, 0.05) is 5.54 Å². The van der Waals surface area contributed by atoms with E-state index < -0.39 is 0 Å². The van der Waals surface area contributed by atoms with Crippen molar-refractivity contribution in [2.75, 3.05) is 13.2 Å². The minimum absolute atomic E-state index is 0.0255. The van der Waals surface area contributed by atoms with Crippen LogP contribution in [0, 0.1) is 5.92 Å². The second-order valence-corrected chi connectivity index (χ2v) is 5.61. The third-order valence-corrected chi connectivity index (χ3v) is 3.11. The van der Waals surface area contributed by atoms with Crippen LogP contribution in [-0.2, 0) is 0 Å². The number of benzene rings is 1. The summed E-state index contributed by atoms with van der Waals surface area (Å²) in [5.74, 6) is 0.491. The summed E-state index contributed by atoms with van der Waals surface area (Å²) in [6, 6.07) is 9.71. The first-order chi connectivity index (χ1) is 8.50. The maximum absolute atomic E-state index is 9.58. The van der Waals surface area contributed by atoms with Gasteiger partial charge in [-0.05, 0) is 24.8 Å². The Labute approximate surface area is 110 Å². The fourth-order valence-corrected chi connectivity index (χ4v) is 2.41. The number of rotatable bonds is 7. The lowest BCUT2D eigenvalue weighted by atomic mass is 9.90. The van der Waals surface area contributed by atoms with Crippen molar-refractivity contribution in [1.82, 2.24) is 5.32 Å². The molecule has 0 heterocycles. The third-order valence-electron chi connectivity index (χ3n) is 3.11. The summed E-state index contributed by atoms with van der Waals surface area (Å²) in [5, 5.41) is 22.5. The number of nitrogens with one attached hydrogen (secondary N) is 1. The number of hydrogen-bond acceptors (Lipinski definition) is 3. The highest BCUT2D eigenvalue weighted by molar-refractivity contribution is 5.19. The van der Waals surface area contributed by atoms with Crippen molar-refractivity contribution in [2.45, 2.75) is 38.8 Å². The van der Waals surface area contributed by atoms with E-state index in [0.717, 1.165) is 12.0 Å². The van der Waals surface area contributed by atoms with Crippen LogP contribution in [0.15, 0.2) is 30.3 Å². The van der Waals surface area contributed by atoms with Gasteiger partial charge in [-0.2, -0.15) is 0 Å². The summed E-state index contributed by atoms with van der Waals surface area (Å²) in [5.41, 5.74) is 0.681. The Hall–Kier alpha value is -0.900. The standard InChI is InChI=1S/C15H25NO2/c1-12(2)9-15(3,11-18)16-14(10-17)13-7-5-4-6-8-13/h4-8,12,14,16-18H,9-11H2,1-3H3/t14-,15+/m0/s1. The van der Waals surface area contributed by atoms with E-state index in [1.54, 1.807) is 0 Å². The molecule has 0 aliphatic carbocycles. The zero-order valence-electron chi connectivity index (χ0n) is 11.6. The molecule has 0 unspecified atom stereocenters. The predicted octanol–water partition coefficient (Wildman–Crippen LogP) is 2.11. The maximum Gasteiger partial charge on any atom is 0.0626 e. The van der Waals surface area contributed by atoms with Gasteiger partial charge in [0.1, 0.15) is 0 Å². The van der Waals surface area contributed by atoms with Gasteiger partial charge in [0.2, 0.25) is 0 Å². The summed E-state index contributed by atoms with van der Waals surface area (Å²) in [7, 11) is 0. The van der Waals surface area contributed by atoms with E-state index in [-0.39, 0.29) is 24.8 Å². The molecule has 3 heteroatoms. The van der Waals surface area contributed by atoms with Crippen molar-refractivity contribution < 1.29 is 10.2 Å². The predicted molar refractivity (Wildman–Crippen MR) is 74.4 cm³/mol. The summed E-state index contributed by atoms with van der Waals surface area (Å²) >= 11 is 0. The first kappa shape index (κ1) is 15.2. The van der Waals surface area contributed by atoms with E-state index in [2.05, 4.69) is 19.2 Å². The van der Waals surface area contributed by atoms with E-state index in [1.807, 2.05) is 37.3 Å². The fraction of sp³-hybridized carbons (Fsp3) is 0.600. The molecule has 0 aromatic heterocycles. The van der Waals surface area contributed by atoms with Gasteiger partial charge >= 0.3 is 0 Å². The number of hydrogen-bond donors (Lipinski definition) is 3. The molecule has 0 bridgehead atoms. The van der Waals surface area contributed by atoms with Crippen molar-refractivity contribution >= 4 is 0 Å². The van der Waals surface area contributed by atoms with Gasteiger partial charge in [-0.25, -0.2) is 0 Å². The van der Waals surface area contributed by atoms with Crippen LogP contribution in [0.1, 0.15) is 38.8 Å². The van der Waals surface area contributed by atoms with Gasteiger partial charge in [0.25, 0.3) is 0 Å². The second kappa shape index (κ2) is 6.88. The van der Waals surface area contributed by atoms with Gasteiger partial charge in [-0.1, -0.05) is 44.2 Å². The molecule has 3 N–H and O–H groups in total. The molecule has 0 fully saturated rings. The van der Waals surface area contributed by atoms with Crippen LogP contribution in [0.3, 0.4) is 0 Å². The van der Waals surface area contributed by atoms with E-state index in [1.165, 1.54) is 0 Å². The third kappa shape index (κ3) is 4.41. The van der Waals surface area contributed by atoms with Crippen LogP contribution >= 0.6 is 0 Å². The molecule has 18 heavy (non-hydrogen) atoms. The van der Waals surface area contributed by atoms with E-state index in [4.69, 9.17) is 0 Å². The first-order valence-corrected chi connectivity index (χ1v) is 6.55. The van der Waals surface area contributed by atoms with Crippen molar-refractivity contribution in [3.8, 4) is 0 Å². The molecule has 1 aromatic rings. The van der Waals surface area contributed by atoms with Crippen LogP contribution in [0.25, 0.3) is 0 Å². The Morgan fingerprint density at radius 1 is 1.17 bits per heavy atom. The molecule has 1 aromatic carbocycles. The van der Waals surface area contributed by atoms with Crippen molar-refractivity contribution in [2.24, 2.45) is 5.92 Å². The Bertz CT molecular complexity index is 340. The molecule has 0 amide bonds. The van der Waals surface area contributed by atoms with E-state index >= 15 is 0 Å². The van der Waals surface area contributed by atoms with E-state index in [0.29, 0.717) is 5.92 Å². The van der Waals surface area contributed by atoms with Crippen LogP contribution in [-0.4, -0.2) is 29.0 Å². The second-order valence-electron chi connectivity index (χ2n) is 5.61. The minimum Gasteiger partial charge on any atom is -0.394 e. The average molecular weight is 251 g/mol. The lowest BCUT2D eigenvalue weighted by molar-refractivity contribution is 0.121. The summed E-state index contributed by atoms with van der Waals surface area (Å²) in [6.07, 6.45) is 0.868. The topological polar surface area (TPSA) is 52.5 Å². The highest BCUT2D eigenvalue weighted by Crippen LogP contribution is 2.21. The Morgan fingerprint density at radius 2 is 1.78 bits per heavy atom. The van der Waals surface area contributed by atoms with Crippen molar-refractivity contribution in [1.29, 1.82) is 0 Å². The smallest absolute Gasteiger partial charge is 0.0626 e.